The van der Waals surface area contributed by atoms with E-state index in [4.69, 9.17) is 9.47 Å². The van der Waals surface area contributed by atoms with Crippen LogP contribution in [0.2, 0.25) is 0 Å². The lowest BCUT2D eigenvalue weighted by atomic mass is 9.64. The predicted molar refractivity (Wildman–Crippen MR) is 117 cm³/mol. The summed E-state index contributed by atoms with van der Waals surface area (Å²) >= 11 is 1.61. The first-order valence-electron chi connectivity index (χ1n) is 10.5. The number of aromatic nitrogens is 1. The van der Waals surface area contributed by atoms with E-state index >= 15 is 0 Å². The Labute approximate surface area is 180 Å². The number of carbonyl (C=O) groups excluding carboxylic acids is 1. The highest BCUT2D eigenvalue weighted by molar-refractivity contribution is 7.09. The van der Waals surface area contributed by atoms with Crippen LogP contribution in [0.4, 0.5) is 0 Å². The number of fused-ring (bicyclic) bond motifs is 2. The van der Waals surface area contributed by atoms with Crippen LogP contribution in [0, 0.1) is 11.8 Å². The SMILES string of the molecule is COC(=O)c1ccc([C@]2(c3ccc(OCc4nccs4)cc3)CC3CC[C@@H]2C3)cc1. The van der Waals surface area contributed by atoms with Crippen molar-refractivity contribution in [3.8, 4) is 5.75 Å². The van der Waals surface area contributed by atoms with E-state index in [-0.39, 0.29) is 11.4 Å². The molecular weight excluding hydrogens is 394 g/mol. The van der Waals surface area contributed by atoms with Gasteiger partial charge in [0.15, 0.2) is 0 Å². The Morgan fingerprint density at radius 3 is 2.40 bits per heavy atom. The van der Waals surface area contributed by atoms with Crippen molar-refractivity contribution >= 4 is 17.3 Å². The minimum Gasteiger partial charge on any atom is -0.486 e. The first kappa shape index (κ1) is 19.3. The average Bonchev–Trinajstić information content (AvgIpc) is 3.56. The third kappa shape index (κ3) is 3.31. The molecule has 2 aromatic carbocycles. The van der Waals surface area contributed by atoms with Gasteiger partial charge < -0.3 is 9.47 Å². The summed E-state index contributed by atoms with van der Waals surface area (Å²) in [6.45, 7) is 0.502. The number of nitrogens with zero attached hydrogens (tertiary/aromatic N) is 1. The standard InChI is InChI=1S/C25H25NO3S/c1-28-24(27)18-3-6-19(7-4-18)25(15-17-2-5-21(25)14-17)20-8-10-22(11-9-20)29-16-23-26-12-13-30-23/h3-4,6-13,17,21H,2,5,14-16H2,1H3/t17?,21-,25+/m1/s1. The molecule has 0 radical (unpaired) electrons. The first-order valence-corrected chi connectivity index (χ1v) is 11.4. The number of benzene rings is 2. The van der Waals surface area contributed by atoms with Crippen LogP contribution in [0.25, 0.3) is 0 Å². The summed E-state index contributed by atoms with van der Waals surface area (Å²) in [5.41, 5.74) is 3.28. The number of ether oxygens (including phenoxy) is 2. The molecule has 3 atom stereocenters. The van der Waals surface area contributed by atoms with E-state index in [0.29, 0.717) is 18.1 Å². The van der Waals surface area contributed by atoms with Gasteiger partial charge in [0.1, 0.15) is 17.4 Å². The summed E-state index contributed by atoms with van der Waals surface area (Å²) in [5.74, 6) is 2.02. The number of methoxy groups -OCH3 is 1. The van der Waals surface area contributed by atoms with E-state index in [0.717, 1.165) is 16.7 Å². The lowest BCUT2D eigenvalue weighted by Gasteiger charge is -2.39. The zero-order valence-electron chi connectivity index (χ0n) is 17.0. The van der Waals surface area contributed by atoms with Gasteiger partial charge in [0, 0.05) is 17.0 Å². The van der Waals surface area contributed by atoms with Crippen LogP contribution in [-0.2, 0) is 16.8 Å². The first-order chi connectivity index (χ1) is 14.7. The zero-order chi connectivity index (χ0) is 20.6. The van der Waals surface area contributed by atoms with E-state index in [1.165, 1.54) is 43.9 Å². The average molecular weight is 420 g/mol. The number of esters is 1. The van der Waals surface area contributed by atoms with Crippen LogP contribution < -0.4 is 4.74 Å². The molecule has 5 rings (SSSR count). The number of hydrogen-bond acceptors (Lipinski definition) is 5. The van der Waals surface area contributed by atoms with Gasteiger partial charge in [-0.2, -0.15) is 0 Å². The molecule has 0 N–H and O–H groups in total. The molecule has 0 saturated heterocycles. The molecular formula is C25H25NO3S. The Kier molecular flexibility index (Phi) is 5.07. The Morgan fingerprint density at radius 1 is 1.10 bits per heavy atom. The maximum atomic E-state index is 11.9. The molecule has 1 unspecified atom stereocenters. The predicted octanol–water partition coefficient (Wildman–Crippen LogP) is 5.61. The van der Waals surface area contributed by atoms with Gasteiger partial charge in [0.05, 0.1) is 12.7 Å². The van der Waals surface area contributed by atoms with Crippen molar-refractivity contribution in [2.75, 3.05) is 7.11 Å². The van der Waals surface area contributed by atoms with Crippen molar-refractivity contribution in [2.24, 2.45) is 11.8 Å². The molecule has 1 aromatic heterocycles. The molecule has 154 valence electrons. The van der Waals surface area contributed by atoms with Crippen LogP contribution in [0.15, 0.2) is 60.1 Å². The summed E-state index contributed by atoms with van der Waals surface area (Å²) in [7, 11) is 1.42. The van der Waals surface area contributed by atoms with Crippen LogP contribution >= 0.6 is 11.3 Å². The van der Waals surface area contributed by atoms with Crippen molar-refractivity contribution in [1.82, 2.24) is 4.98 Å². The van der Waals surface area contributed by atoms with Gasteiger partial charge in [-0.15, -0.1) is 11.3 Å². The second kappa shape index (κ2) is 7.88. The van der Waals surface area contributed by atoms with Crippen molar-refractivity contribution in [2.45, 2.75) is 37.7 Å². The van der Waals surface area contributed by atoms with E-state index in [9.17, 15) is 4.79 Å². The second-order valence-corrected chi connectivity index (χ2v) is 9.34. The fraction of sp³-hybridized carbons (Fsp3) is 0.360. The minimum atomic E-state index is -0.287. The van der Waals surface area contributed by atoms with E-state index in [2.05, 4.69) is 41.4 Å². The van der Waals surface area contributed by atoms with Gasteiger partial charge in [-0.05, 0) is 66.5 Å². The Morgan fingerprint density at radius 2 is 1.83 bits per heavy atom. The summed E-state index contributed by atoms with van der Waals surface area (Å²) in [6, 6.07) is 16.7. The molecule has 2 saturated carbocycles. The molecule has 0 spiro atoms. The smallest absolute Gasteiger partial charge is 0.337 e. The molecule has 3 aromatic rings. The molecule has 0 aliphatic heterocycles. The molecule has 2 bridgehead atoms. The summed E-state index contributed by atoms with van der Waals surface area (Å²) in [4.78, 5) is 16.1. The van der Waals surface area contributed by atoms with Gasteiger partial charge in [-0.3, -0.25) is 0 Å². The van der Waals surface area contributed by atoms with Gasteiger partial charge in [0.2, 0.25) is 0 Å². The van der Waals surface area contributed by atoms with Crippen LogP contribution in [0.5, 0.6) is 5.75 Å². The molecule has 2 aliphatic rings. The van der Waals surface area contributed by atoms with Gasteiger partial charge in [0.25, 0.3) is 0 Å². The lowest BCUT2D eigenvalue weighted by molar-refractivity contribution is 0.0600. The maximum Gasteiger partial charge on any atom is 0.337 e. The Bertz CT molecular complexity index is 1010. The van der Waals surface area contributed by atoms with Crippen molar-refractivity contribution in [1.29, 1.82) is 0 Å². The Balaban J connectivity index is 1.44. The lowest BCUT2D eigenvalue weighted by Crippen LogP contribution is -2.34. The van der Waals surface area contributed by atoms with Gasteiger partial charge in [-0.25, -0.2) is 9.78 Å². The fourth-order valence-electron chi connectivity index (χ4n) is 5.54. The zero-order valence-corrected chi connectivity index (χ0v) is 17.9. The van der Waals surface area contributed by atoms with Gasteiger partial charge in [-0.1, -0.05) is 30.7 Å². The van der Waals surface area contributed by atoms with Crippen molar-refractivity contribution in [3.05, 3.63) is 81.8 Å². The second-order valence-electron chi connectivity index (χ2n) is 8.36. The molecule has 30 heavy (non-hydrogen) atoms. The number of thiazole rings is 1. The molecule has 1 heterocycles. The molecule has 5 heteroatoms. The van der Waals surface area contributed by atoms with Crippen molar-refractivity contribution < 1.29 is 14.3 Å². The highest BCUT2D eigenvalue weighted by atomic mass is 32.1. The van der Waals surface area contributed by atoms with Crippen LogP contribution in [0.1, 0.15) is 52.2 Å². The fourth-order valence-corrected chi connectivity index (χ4v) is 6.07. The topological polar surface area (TPSA) is 48.4 Å². The highest BCUT2D eigenvalue weighted by Gasteiger charge is 2.52. The van der Waals surface area contributed by atoms with E-state index in [1.807, 2.05) is 17.5 Å². The summed E-state index contributed by atoms with van der Waals surface area (Å²) in [5, 5.41) is 2.95. The summed E-state index contributed by atoms with van der Waals surface area (Å²) < 4.78 is 10.8. The van der Waals surface area contributed by atoms with Crippen LogP contribution in [-0.4, -0.2) is 18.1 Å². The van der Waals surface area contributed by atoms with Crippen molar-refractivity contribution in [3.63, 3.8) is 0 Å². The van der Waals surface area contributed by atoms with E-state index in [1.54, 1.807) is 17.5 Å². The molecule has 4 nitrogen and oxygen atoms in total. The number of carbonyl (C=O) groups is 1. The minimum absolute atomic E-state index is 0.0192. The van der Waals surface area contributed by atoms with Gasteiger partial charge >= 0.3 is 5.97 Å². The number of rotatable bonds is 6. The summed E-state index contributed by atoms with van der Waals surface area (Å²) in [6.07, 6.45) is 6.87. The monoisotopic (exact) mass is 419 g/mol. The highest BCUT2D eigenvalue weighted by Crippen LogP contribution is 2.60. The largest absolute Gasteiger partial charge is 0.486 e. The van der Waals surface area contributed by atoms with Crippen LogP contribution in [0.3, 0.4) is 0 Å². The molecule has 2 fully saturated rings. The maximum absolute atomic E-state index is 11.9. The quantitative estimate of drug-likeness (QED) is 0.487. The number of hydrogen-bond donors (Lipinski definition) is 0. The normalized spacial score (nSPS) is 24.7. The molecule has 2 aliphatic carbocycles. The third-order valence-electron chi connectivity index (χ3n) is 6.89. The Hall–Kier alpha value is -2.66. The van der Waals surface area contributed by atoms with E-state index < -0.39 is 0 Å². The molecule has 0 amide bonds. The third-order valence-corrected chi connectivity index (χ3v) is 7.64.